The van der Waals surface area contributed by atoms with Crippen LogP contribution in [-0.4, -0.2) is 5.75 Å². The minimum Gasteiger partial charge on any atom is -0.166 e. The van der Waals surface area contributed by atoms with Gasteiger partial charge in [-0.3, -0.25) is 0 Å². The molecule has 0 radical (unpaired) electrons. The van der Waals surface area contributed by atoms with Crippen molar-refractivity contribution in [2.45, 2.75) is 19.0 Å². The number of benzene rings is 1. The average Bonchev–Trinajstić information content (AvgIpc) is 2.70. The Bertz CT molecular complexity index is 390. The number of thioether (sulfide) groups is 1. The Morgan fingerprint density at radius 1 is 1.12 bits per heavy atom. The van der Waals surface area contributed by atoms with E-state index in [1.807, 2.05) is 0 Å². The van der Waals surface area contributed by atoms with Crippen LogP contribution in [0.5, 0.6) is 0 Å². The summed E-state index contributed by atoms with van der Waals surface area (Å²) in [4.78, 5) is 1.26. The van der Waals surface area contributed by atoms with Crippen molar-refractivity contribution in [2.75, 3.05) is 5.75 Å². The molecule has 0 atom stereocenters. The molecule has 0 bridgehead atoms. The van der Waals surface area contributed by atoms with Gasteiger partial charge in [-0.2, -0.15) is 13.2 Å². The molecule has 0 aliphatic carbocycles. The molecule has 0 saturated carbocycles. The molecule has 0 amide bonds. The first-order valence-electron chi connectivity index (χ1n) is 5.04. The first-order chi connectivity index (χ1) is 7.55. The van der Waals surface area contributed by atoms with Crippen LogP contribution in [0.2, 0.25) is 0 Å². The van der Waals surface area contributed by atoms with E-state index in [1.54, 1.807) is 23.9 Å². The highest BCUT2D eigenvalue weighted by Gasteiger charge is 2.29. The molecule has 1 aliphatic rings. The van der Waals surface area contributed by atoms with Crippen molar-refractivity contribution in [3.63, 3.8) is 0 Å². The summed E-state index contributed by atoms with van der Waals surface area (Å²) in [6.07, 6.45) is -0.258. The van der Waals surface area contributed by atoms with Gasteiger partial charge in [-0.15, -0.1) is 11.8 Å². The van der Waals surface area contributed by atoms with Crippen LogP contribution in [-0.2, 0) is 12.6 Å². The third-order valence-corrected chi connectivity index (χ3v) is 3.56. The lowest BCUT2D eigenvalue weighted by atomic mass is 10.1. The van der Waals surface area contributed by atoms with E-state index in [9.17, 15) is 13.2 Å². The normalized spacial score (nSPS) is 16.3. The third kappa shape index (κ3) is 2.82. The smallest absolute Gasteiger partial charge is 0.166 e. The summed E-state index contributed by atoms with van der Waals surface area (Å²) in [5.41, 5.74) is 0.359. The van der Waals surface area contributed by atoms with Crippen LogP contribution in [0.15, 0.2) is 35.2 Å². The van der Waals surface area contributed by atoms with E-state index in [4.69, 9.17) is 0 Å². The zero-order valence-electron chi connectivity index (χ0n) is 8.55. The van der Waals surface area contributed by atoms with Crippen LogP contribution in [0.25, 0.3) is 0 Å². The second kappa shape index (κ2) is 4.53. The molecule has 0 nitrogen and oxygen atoms in total. The monoisotopic (exact) mass is 244 g/mol. The summed E-state index contributed by atoms with van der Waals surface area (Å²) in [5.74, 6) is 1.09. The van der Waals surface area contributed by atoms with Crippen molar-refractivity contribution in [3.8, 4) is 0 Å². The topological polar surface area (TPSA) is 0 Å². The van der Waals surface area contributed by atoms with E-state index in [-0.39, 0.29) is 0 Å². The van der Waals surface area contributed by atoms with E-state index >= 15 is 0 Å². The van der Waals surface area contributed by atoms with Gasteiger partial charge in [-0.1, -0.05) is 18.2 Å². The van der Waals surface area contributed by atoms with Crippen molar-refractivity contribution >= 4 is 11.8 Å². The molecule has 1 aliphatic heterocycles. The molecule has 4 heteroatoms. The maximum Gasteiger partial charge on any atom is 0.416 e. The summed E-state index contributed by atoms with van der Waals surface area (Å²) in [6.45, 7) is 0. The molecule has 0 spiro atoms. The molecule has 16 heavy (non-hydrogen) atoms. The van der Waals surface area contributed by atoms with Gasteiger partial charge in [0.25, 0.3) is 0 Å². The van der Waals surface area contributed by atoms with Gasteiger partial charge in [0, 0.05) is 12.2 Å². The number of alkyl halides is 3. The predicted octanol–water partition coefficient (Wildman–Crippen LogP) is 4.27. The largest absolute Gasteiger partial charge is 0.416 e. The molecule has 86 valence electrons. The standard InChI is InChI=1S/C12H11F3S/c13-12(14,15)10-5-3-9(4-6-10)8-11-2-1-7-16-11/h2-6H,1,7-8H2. The van der Waals surface area contributed by atoms with Crippen molar-refractivity contribution in [1.82, 2.24) is 0 Å². The summed E-state index contributed by atoms with van der Waals surface area (Å²) in [6, 6.07) is 5.41. The van der Waals surface area contributed by atoms with Crippen molar-refractivity contribution in [3.05, 3.63) is 46.4 Å². The first kappa shape index (κ1) is 11.6. The predicted molar refractivity (Wildman–Crippen MR) is 60.3 cm³/mol. The lowest BCUT2D eigenvalue weighted by Crippen LogP contribution is -2.04. The third-order valence-electron chi connectivity index (χ3n) is 2.44. The fourth-order valence-corrected chi connectivity index (χ4v) is 2.61. The average molecular weight is 244 g/mol. The lowest BCUT2D eigenvalue weighted by Gasteiger charge is -2.07. The van der Waals surface area contributed by atoms with Gasteiger partial charge in [0.2, 0.25) is 0 Å². The number of allylic oxidation sites excluding steroid dienone is 2. The van der Waals surface area contributed by atoms with E-state index < -0.39 is 11.7 Å². The SMILES string of the molecule is FC(F)(F)c1ccc(CC2=CCCS2)cc1. The van der Waals surface area contributed by atoms with Gasteiger partial charge in [0.15, 0.2) is 0 Å². The van der Waals surface area contributed by atoms with Gasteiger partial charge in [0.1, 0.15) is 0 Å². The maximum absolute atomic E-state index is 12.3. The highest BCUT2D eigenvalue weighted by molar-refractivity contribution is 8.03. The molecule has 0 N–H and O–H groups in total. The first-order valence-corrected chi connectivity index (χ1v) is 6.02. The van der Waals surface area contributed by atoms with Gasteiger partial charge in [0.05, 0.1) is 5.56 Å². The molecule has 0 unspecified atom stereocenters. The van der Waals surface area contributed by atoms with Gasteiger partial charge in [-0.05, 0) is 29.0 Å². The molecule has 1 aromatic rings. The van der Waals surface area contributed by atoms with Crippen molar-refractivity contribution in [2.24, 2.45) is 0 Å². The minimum atomic E-state index is -4.24. The van der Waals surface area contributed by atoms with Crippen LogP contribution in [0.1, 0.15) is 17.5 Å². The van der Waals surface area contributed by atoms with Crippen LogP contribution in [0.4, 0.5) is 13.2 Å². The van der Waals surface area contributed by atoms with Crippen LogP contribution in [0, 0.1) is 0 Å². The zero-order valence-corrected chi connectivity index (χ0v) is 9.37. The van der Waals surface area contributed by atoms with Crippen molar-refractivity contribution < 1.29 is 13.2 Å². The highest BCUT2D eigenvalue weighted by atomic mass is 32.2. The Kier molecular flexibility index (Phi) is 3.28. The Morgan fingerprint density at radius 2 is 1.81 bits per heavy atom. The fraction of sp³-hybridized carbons (Fsp3) is 0.333. The highest BCUT2D eigenvalue weighted by Crippen LogP contribution is 2.31. The van der Waals surface area contributed by atoms with E-state index in [2.05, 4.69) is 6.08 Å². The Morgan fingerprint density at radius 3 is 2.31 bits per heavy atom. The molecular weight excluding hydrogens is 233 g/mol. The molecular formula is C12H11F3S. The van der Waals surface area contributed by atoms with E-state index in [0.717, 1.165) is 36.3 Å². The summed E-state index contributed by atoms with van der Waals surface area (Å²) in [5, 5.41) is 0. The number of hydrogen-bond acceptors (Lipinski definition) is 1. The second-order valence-electron chi connectivity index (χ2n) is 3.68. The molecule has 0 aromatic heterocycles. The number of rotatable bonds is 2. The maximum atomic E-state index is 12.3. The van der Waals surface area contributed by atoms with E-state index in [0.29, 0.717) is 0 Å². The van der Waals surface area contributed by atoms with Crippen LogP contribution >= 0.6 is 11.8 Å². The Hall–Kier alpha value is -0.900. The van der Waals surface area contributed by atoms with Crippen LogP contribution in [0.3, 0.4) is 0 Å². The zero-order chi connectivity index (χ0) is 11.6. The second-order valence-corrected chi connectivity index (χ2v) is 4.90. The molecule has 0 saturated heterocycles. The summed E-state index contributed by atoms with van der Waals surface area (Å²) >= 11 is 1.79. The number of hydrogen-bond donors (Lipinski definition) is 0. The minimum absolute atomic E-state index is 0.579. The van der Waals surface area contributed by atoms with Gasteiger partial charge < -0.3 is 0 Å². The fourth-order valence-electron chi connectivity index (χ4n) is 1.60. The summed E-state index contributed by atoms with van der Waals surface area (Å²) < 4.78 is 36.9. The number of halogens is 3. The molecule has 0 fully saturated rings. The summed E-state index contributed by atoms with van der Waals surface area (Å²) in [7, 11) is 0. The van der Waals surface area contributed by atoms with Crippen molar-refractivity contribution in [1.29, 1.82) is 0 Å². The van der Waals surface area contributed by atoms with Crippen LogP contribution < -0.4 is 0 Å². The molecule has 2 rings (SSSR count). The lowest BCUT2D eigenvalue weighted by molar-refractivity contribution is -0.137. The van der Waals surface area contributed by atoms with Gasteiger partial charge >= 0.3 is 6.18 Å². The Balaban J connectivity index is 2.07. The van der Waals surface area contributed by atoms with E-state index in [1.165, 1.54) is 4.91 Å². The molecule has 1 aromatic carbocycles. The van der Waals surface area contributed by atoms with Gasteiger partial charge in [-0.25, -0.2) is 0 Å². The molecule has 1 heterocycles. The quantitative estimate of drug-likeness (QED) is 0.748. The Labute approximate surface area is 96.5 Å².